The van der Waals surface area contributed by atoms with Gasteiger partial charge in [-0.2, -0.15) is 0 Å². The molecular formula is C30H36FN7O2. The van der Waals surface area contributed by atoms with E-state index >= 15 is 0 Å². The molecule has 2 unspecified atom stereocenters. The minimum atomic E-state index is -1.55. The van der Waals surface area contributed by atoms with Crippen LogP contribution < -0.4 is 21.7 Å². The van der Waals surface area contributed by atoms with Crippen LogP contribution in [-0.2, 0) is 10.5 Å². The smallest absolute Gasteiger partial charge is 0.256 e. The van der Waals surface area contributed by atoms with E-state index in [1.165, 1.54) is 26.1 Å². The second-order valence-electron chi connectivity index (χ2n) is 11.2. The maximum atomic E-state index is 14.4. The van der Waals surface area contributed by atoms with E-state index in [1.807, 2.05) is 24.0 Å². The number of halogens is 1. The number of aliphatic imine (C=N–C) groups is 1. The average molecular weight is 546 g/mol. The number of carbonyl (C=O) groups excluding carboxylic acids is 2. The second kappa shape index (κ2) is 10.7. The molecule has 210 valence electrons. The number of carbonyl (C=O) groups is 2. The molecule has 1 aromatic carbocycles. The number of pyridine rings is 1. The topological polar surface area (TPSA) is 125 Å². The first kappa shape index (κ1) is 27.4. The number of hydrogen-bond donors (Lipinski definition) is 4. The number of hydrogen-bond acceptors (Lipinski definition) is 7. The number of aromatic nitrogens is 1. The summed E-state index contributed by atoms with van der Waals surface area (Å²) < 4.78 is 14.4. The third-order valence-electron chi connectivity index (χ3n) is 7.92. The van der Waals surface area contributed by atoms with Crippen molar-refractivity contribution in [1.82, 2.24) is 20.5 Å². The Labute approximate surface area is 233 Å². The lowest BCUT2D eigenvalue weighted by Gasteiger charge is -2.34. The summed E-state index contributed by atoms with van der Waals surface area (Å²) in [6, 6.07) is 10.5. The zero-order valence-electron chi connectivity index (χ0n) is 23.1. The summed E-state index contributed by atoms with van der Waals surface area (Å²) in [6.45, 7) is 6.39. The number of likely N-dealkylation sites (tertiary alicyclic amines) is 1. The summed E-state index contributed by atoms with van der Waals surface area (Å²) in [5.74, 6) is 0.489. The van der Waals surface area contributed by atoms with E-state index in [0.29, 0.717) is 29.1 Å². The number of anilines is 1. The van der Waals surface area contributed by atoms with E-state index in [1.54, 1.807) is 30.6 Å². The van der Waals surface area contributed by atoms with Gasteiger partial charge in [0.1, 0.15) is 23.0 Å². The van der Waals surface area contributed by atoms with Crippen LogP contribution in [0.4, 0.5) is 10.2 Å². The molecule has 1 saturated heterocycles. The molecule has 5 N–H and O–H groups in total. The number of piperidine rings is 1. The van der Waals surface area contributed by atoms with E-state index in [-0.39, 0.29) is 29.1 Å². The molecule has 2 fully saturated rings. The zero-order valence-corrected chi connectivity index (χ0v) is 23.1. The van der Waals surface area contributed by atoms with Gasteiger partial charge in [-0.15, -0.1) is 0 Å². The van der Waals surface area contributed by atoms with Crippen LogP contribution in [0.2, 0.25) is 0 Å². The summed E-state index contributed by atoms with van der Waals surface area (Å²) >= 11 is 0. The highest BCUT2D eigenvalue weighted by atomic mass is 19.1. The van der Waals surface area contributed by atoms with Crippen molar-refractivity contribution in [3.05, 3.63) is 77.4 Å². The molecule has 9 nitrogen and oxygen atoms in total. The molecule has 1 spiro atoms. The molecule has 0 bridgehead atoms. The van der Waals surface area contributed by atoms with Crippen LogP contribution in [0.1, 0.15) is 67.9 Å². The van der Waals surface area contributed by atoms with Gasteiger partial charge in [0.25, 0.3) is 5.91 Å². The van der Waals surface area contributed by atoms with Gasteiger partial charge in [0.15, 0.2) is 0 Å². The van der Waals surface area contributed by atoms with Crippen molar-refractivity contribution in [3.8, 4) is 0 Å². The SMILES string of the molecule is CCC(=O)N1CCCC2(CC2N/C(=C2\NC=CN=C2N)c2ccc(C(=O)Nc3cc(C(C)(C)F)ccn3)cc2)C1. The maximum absolute atomic E-state index is 14.4. The first-order valence-electron chi connectivity index (χ1n) is 13.7. The van der Waals surface area contributed by atoms with Crippen molar-refractivity contribution in [1.29, 1.82) is 0 Å². The van der Waals surface area contributed by atoms with Gasteiger partial charge in [0.2, 0.25) is 5.91 Å². The molecule has 2 aliphatic heterocycles. The first-order valence-corrected chi connectivity index (χ1v) is 13.7. The Bertz CT molecular complexity index is 1390. The summed E-state index contributed by atoms with van der Waals surface area (Å²) in [6.07, 6.45) is 8.33. The summed E-state index contributed by atoms with van der Waals surface area (Å²) in [7, 11) is 0. The fourth-order valence-electron chi connectivity index (χ4n) is 5.50. The Morgan fingerprint density at radius 2 is 1.98 bits per heavy atom. The first-order chi connectivity index (χ1) is 19.1. The van der Waals surface area contributed by atoms with Crippen LogP contribution >= 0.6 is 0 Å². The van der Waals surface area contributed by atoms with Gasteiger partial charge in [-0.1, -0.05) is 19.1 Å². The van der Waals surface area contributed by atoms with Crippen molar-refractivity contribution >= 4 is 29.2 Å². The minimum Gasteiger partial charge on any atom is -0.382 e. The number of amidine groups is 1. The van der Waals surface area contributed by atoms with E-state index in [2.05, 4.69) is 25.9 Å². The number of benzene rings is 1. The van der Waals surface area contributed by atoms with Gasteiger partial charge in [-0.3, -0.25) is 9.59 Å². The number of nitrogens with two attached hydrogens (primary N) is 1. The minimum absolute atomic E-state index is 0.0425. The van der Waals surface area contributed by atoms with Crippen LogP contribution in [0, 0.1) is 5.41 Å². The van der Waals surface area contributed by atoms with Gasteiger partial charge in [-0.05, 0) is 68.5 Å². The van der Waals surface area contributed by atoms with Crippen molar-refractivity contribution in [2.75, 3.05) is 18.4 Å². The molecule has 3 aliphatic rings. The van der Waals surface area contributed by atoms with Crippen molar-refractivity contribution in [2.24, 2.45) is 16.1 Å². The van der Waals surface area contributed by atoms with Gasteiger partial charge in [-0.25, -0.2) is 14.4 Å². The molecule has 10 heteroatoms. The Kier molecular flexibility index (Phi) is 7.35. The van der Waals surface area contributed by atoms with E-state index in [0.717, 1.165) is 43.6 Å². The predicted octanol–water partition coefficient (Wildman–Crippen LogP) is 4.02. The molecule has 1 saturated carbocycles. The molecule has 0 radical (unpaired) electrons. The monoisotopic (exact) mass is 545 g/mol. The van der Waals surface area contributed by atoms with Crippen molar-refractivity contribution in [3.63, 3.8) is 0 Å². The van der Waals surface area contributed by atoms with E-state index in [4.69, 9.17) is 5.73 Å². The molecule has 3 heterocycles. The number of alkyl halides is 1. The average Bonchev–Trinajstić information content (AvgIpc) is 3.61. The molecule has 2 amide bonds. The molecule has 5 rings (SSSR count). The summed E-state index contributed by atoms with van der Waals surface area (Å²) in [5.41, 5.74) is 7.91. The zero-order chi connectivity index (χ0) is 28.5. The van der Waals surface area contributed by atoms with Crippen molar-refractivity contribution in [2.45, 2.75) is 58.2 Å². The van der Waals surface area contributed by atoms with Crippen LogP contribution in [0.5, 0.6) is 0 Å². The molecule has 2 aromatic rings. The standard InChI is InChI=1S/C30H36FN7O2/c1-4-24(39)38-15-5-11-30(18-38)17-22(30)36-25(26-27(32)35-14-13-34-26)19-6-8-20(9-7-19)28(40)37-23-16-21(10-12-33-23)29(2,3)31/h6-10,12-14,16,22,34,36H,4-5,11,15,17-18H2,1-3H3,(H2,32,35)(H,33,37,40)/b26-25-. The van der Waals surface area contributed by atoms with Crippen molar-refractivity contribution < 1.29 is 14.0 Å². The van der Waals surface area contributed by atoms with Gasteiger partial charge in [0.05, 0.1) is 5.70 Å². The Hall–Kier alpha value is -4.21. The van der Waals surface area contributed by atoms with E-state index < -0.39 is 5.67 Å². The third kappa shape index (κ3) is 5.71. The Morgan fingerprint density at radius 3 is 2.67 bits per heavy atom. The highest BCUT2D eigenvalue weighted by Gasteiger charge is 2.56. The maximum Gasteiger partial charge on any atom is 0.256 e. The fourth-order valence-corrected chi connectivity index (χ4v) is 5.50. The number of nitrogens with one attached hydrogen (secondary N) is 3. The molecule has 40 heavy (non-hydrogen) atoms. The Balaban J connectivity index is 1.35. The Morgan fingerprint density at radius 1 is 1.23 bits per heavy atom. The van der Waals surface area contributed by atoms with Crippen LogP contribution in [0.25, 0.3) is 5.70 Å². The molecule has 1 aromatic heterocycles. The van der Waals surface area contributed by atoms with Crippen LogP contribution in [0.3, 0.4) is 0 Å². The summed E-state index contributed by atoms with van der Waals surface area (Å²) in [5, 5.41) is 9.66. The third-order valence-corrected chi connectivity index (χ3v) is 7.92. The quantitative estimate of drug-likeness (QED) is 0.417. The largest absolute Gasteiger partial charge is 0.382 e. The lowest BCUT2D eigenvalue weighted by molar-refractivity contribution is -0.133. The normalized spacial score (nSPS) is 23.2. The number of nitrogens with zero attached hydrogens (tertiary/aromatic N) is 3. The van der Waals surface area contributed by atoms with Gasteiger partial charge >= 0.3 is 0 Å². The lowest BCUT2D eigenvalue weighted by atomic mass is 9.93. The molecule has 1 aliphatic carbocycles. The second-order valence-corrected chi connectivity index (χ2v) is 11.2. The molecular weight excluding hydrogens is 509 g/mol. The predicted molar refractivity (Wildman–Crippen MR) is 154 cm³/mol. The van der Waals surface area contributed by atoms with Gasteiger partial charge in [0, 0.05) is 55.1 Å². The van der Waals surface area contributed by atoms with Crippen LogP contribution in [0.15, 0.2) is 65.7 Å². The number of rotatable bonds is 7. The van der Waals surface area contributed by atoms with Crippen LogP contribution in [-0.4, -0.2) is 46.7 Å². The fraction of sp³-hybridized carbons (Fsp3) is 0.400. The lowest BCUT2D eigenvalue weighted by Crippen LogP contribution is -2.43. The summed E-state index contributed by atoms with van der Waals surface area (Å²) in [4.78, 5) is 35.7. The van der Waals surface area contributed by atoms with E-state index in [9.17, 15) is 14.0 Å². The highest BCUT2D eigenvalue weighted by molar-refractivity contribution is 6.05. The number of amides is 2. The molecule has 2 atom stereocenters. The highest BCUT2D eigenvalue weighted by Crippen LogP contribution is 2.53. The van der Waals surface area contributed by atoms with Gasteiger partial charge < -0.3 is 26.6 Å².